The minimum absolute atomic E-state index is 0.373. The highest BCUT2D eigenvalue weighted by molar-refractivity contribution is 5.82. The fraction of sp³-hybridized carbons (Fsp3) is 0.278. The van der Waals surface area contributed by atoms with Crippen molar-refractivity contribution in [1.82, 2.24) is 9.55 Å². The fourth-order valence-corrected chi connectivity index (χ4v) is 2.71. The van der Waals surface area contributed by atoms with E-state index in [9.17, 15) is 5.11 Å². The lowest BCUT2D eigenvalue weighted by atomic mass is 10.1. The van der Waals surface area contributed by atoms with Crippen LogP contribution in [0.5, 0.6) is 0 Å². The van der Waals surface area contributed by atoms with E-state index in [4.69, 9.17) is 0 Å². The third kappa shape index (κ3) is 2.83. The summed E-state index contributed by atoms with van der Waals surface area (Å²) in [6.07, 6.45) is 4.42. The number of nitrogens with zero attached hydrogens (tertiary/aromatic N) is 2. The molecule has 0 saturated carbocycles. The van der Waals surface area contributed by atoms with Crippen LogP contribution in [-0.4, -0.2) is 14.7 Å². The minimum Gasteiger partial charge on any atom is -0.388 e. The van der Waals surface area contributed by atoms with Crippen LogP contribution in [0.15, 0.2) is 48.8 Å². The number of benzene rings is 1. The van der Waals surface area contributed by atoms with E-state index < -0.39 is 0 Å². The summed E-state index contributed by atoms with van der Waals surface area (Å²) >= 11 is 0. The number of aliphatic hydroxyl groups is 1. The number of para-hydroxylation sites is 1. The molecule has 3 nitrogen and oxygen atoms in total. The molecule has 0 radical (unpaired) electrons. The van der Waals surface area contributed by atoms with Crippen LogP contribution in [0, 0.1) is 6.92 Å². The lowest BCUT2D eigenvalue weighted by Gasteiger charge is -2.09. The first kappa shape index (κ1) is 13.8. The van der Waals surface area contributed by atoms with Gasteiger partial charge in [-0.05, 0) is 42.7 Å². The maximum absolute atomic E-state index is 9.90. The number of aryl methyl sites for hydroxylation is 1. The minimum atomic E-state index is -0.373. The van der Waals surface area contributed by atoms with Gasteiger partial charge < -0.3 is 9.67 Å². The smallest absolute Gasteiger partial charge is 0.0802 e. The quantitative estimate of drug-likeness (QED) is 0.788. The summed E-state index contributed by atoms with van der Waals surface area (Å²) < 4.78 is 2.12. The van der Waals surface area contributed by atoms with Crippen LogP contribution in [0.1, 0.15) is 36.3 Å². The van der Waals surface area contributed by atoms with E-state index in [0.29, 0.717) is 0 Å². The highest BCUT2D eigenvalue weighted by Crippen LogP contribution is 2.21. The molecule has 21 heavy (non-hydrogen) atoms. The first-order valence-corrected chi connectivity index (χ1v) is 7.36. The average molecular weight is 280 g/mol. The molecule has 0 amide bonds. The summed E-state index contributed by atoms with van der Waals surface area (Å²) in [7, 11) is 0. The predicted octanol–water partition coefficient (Wildman–Crippen LogP) is 3.84. The zero-order valence-corrected chi connectivity index (χ0v) is 12.5. The molecule has 2 heterocycles. The number of aromatic nitrogens is 2. The van der Waals surface area contributed by atoms with Crippen LogP contribution < -0.4 is 0 Å². The maximum atomic E-state index is 9.90. The molecule has 2 aromatic heterocycles. The van der Waals surface area contributed by atoms with Crippen LogP contribution in [0.3, 0.4) is 0 Å². The fourth-order valence-electron chi connectivity index (χ4n) is 2.71. The van der Waals surface area contributed by atoms with Crippen molar-refractivity contribution in [3.8, 4) is 0 Å². The number of pyridine rings is 1. The highest BCUT2D eigenvalue weighted by Gasteiger charge is 2.08. The molecule has 0 aliphatic heterocycles. The Bertz CT molecular complexity index is 761. The molecule has 1 atom stereocenters. The second-order valence-corrected chi connectivity index (χ2v) is 5.48. The van der Waals surface area contributed by atoms with Gasteiger partial charge in [-0.2, -0.15) is 0 Å². The van der Waals surface area contributed by atoms with E-state index in [1.165, 1.54) is 10.9 Å². The number of aliphatic hydroxyl groups excluding tert-OH is 1. The summed E-state index contributed by atoms with van der Waals surface area (Å²) in [5.74, 6) is 0. The van der Waals surface area contributed by atoms with Gasteiger partial charge in [0.05, 0.1) is 11.6 Å². The molecule has 3 heteroatoms. The van der Waals surface area contributed by atoms with Gasteiger partial charge in [0.1, 0.15) is 0 Å². The van der Waals surface area contributed by atoms with Crippen LogP contribution in [-0.2, 0) is 6.54 Å². The number of rotatable bonds is 4. The monoisotopic (exact) mass is 280 g/mol. The van der Waals surface area contributed by atoms with Crippen molar-refractivity contribution in [2.24, 2.45) is 0 Å². The van der Waals surface area contributed by atoms with Crippen LogP contribution in [0.25, 0.3) is 10.9 Å². The largest absolute Gasteiger partial charge is 0.388 e. The lowest BCUT2D eigenvalue weighted by molar-refractivity contribution is 0.173. The molecule has 1 aromatic carbocycles. The molecule has 1 unspecified atom stereocenters. The Morgan fingerprint density at radius 1 is 1.24 bits per heavy atom. The van der Waals surface area contributed by atoms with Crippen molar-refractivity contribution >= 4 is 10.9 Å². The molecule has 3 aromatic rings. The van der Waals surface area contributed by atoms with Crippen LogP contribution in [0.2, 0.25) is 0 Å². The van der Waals surface area contributed by atoms with E-state index in [-0.39, 0.29) is 6.10 Å². The van der Waals surface area contributed by atoms with Gasteiger partial charge in [0.25, 0.3) is 0 Å². The summed E-state index contributed by atoms with van der Waals surface area (Å²) in [5, 5.41) is 11.1. The van der Waals surface area contributed by atoms with E-state index in [1.807, 2.05) is 50.5 Å². The first-order chi connectivity index (χ1) is 10.2. The Balaban J connectivity index is 1.96. The number of fused-ring (bicyclic) bond motifs is 1. The zero-order valence-electron chi connectivity index (χ0n) is 12.5. The second kappa shape index (κ2) is 5.70. The maximum Gasteiger partial charge on any atom is 0.0802 e. The van der Waals surface area contributed by atoms with Gasteiger partial charge in [0.2, 0.25) is 0 Å². The molecular formula is C18H20N2O. The normalized spacial score (nSPS) is 12.7. The molecule has 0 fully saturated rings. The van der Waals surface area contributed by atoms with Gasteiger partial charge in [-0.3, -0.25) is 4.98 Å². The van der Waals surface area contributed by atoms with Gasteiger partial charge in [-0.25, -0.2) is 0 Å². The Kier molecular flexibility index (Phi) is 3.76. The third-order valence-electron chi connectivity index (χ3n) is 3.83. The van der Waals surface area contributed by atoms with Gasteiger partial charge in [0, 0.05) is 30.0 Å². The van der Waals surface area contributed by atoms with Gasteiger partial charge in [-0.15, -0.1) is 0 Å². The first-order valence-electron chi connectivity index (χ1n) is 7.36. The molecule has 0 aliphatic rings. The molecule has 0 aliphatic carbocycles. The topological polar surface area (TPSA) is 38.0 Å². The highest BCUT2D eigenvalue weighted by atomic mass is 16.3. The van der Waals surface area contributed by atoms with Crippen molar-refractivity contribution in [3.63, 3.8) is 0 Å². The van der Waals surface area contributed by atoms with Gasteiger partial charge in [0.15, 0.2) is 0 Å². The van der Waals surface area contributed by atoms with Gasteiger partial charge >= 0.3 is 0 Å². The Labute approximate surface area is 124 Å². The molecule has 0 bridgehead atoms. The van der Waals surface area contributed by atoms with E-state index in [1.54, 1.807) is 0 Å². The summed E-state index contributed by atoms with van der Waals surface area (Å²) in [5.41, 5.74) is 4.30. The SMILES string of the molecule is CCC(O)c1ccn(Cc2cc(C)nc3ccccc23)c1. The van der Waals surface area contributed by atoms with Crippen LogP contribution in [0.4, 0.5) is 0 Å². The van der Waals surface area contributed by atoms with Crippen molar-refractivity contribution in [2.45, 2.75) is 32.9 Å². The molecular weight excluding hydrogens is 260 g/mol. The van der Waals surface area contributed by atoms with Gasteiger partial charge in [-0.1, -0.05) is 25.1 Å². The third-order valence-corrected chi connectivity index (χ3v) is 3.83. The van der Waals surface area contributed by atoms with Crippen molar-refractivity contribution in [1.29, 1.82) is 0 Å². The van der Waals surface area contributed by atoms with Crippen LogP contribution >= 0.6 is 0 Å². The van der Waals surface area contributed by atoms with E-state index >= 15 is 0 Å². The molecule has 0 saturated heterocycles. The molecule has 3 rings (SSSR count). The molecule has 0 spiro atoms. The molecule has 108 valence electrons. The Hall–Kier alpha value is -2.13. The Morgan fingerprint density at radius 2 is 2.05 bits per heavy atom. The average Bonchev–Trinajstić information content (AvgIpc) is 2.95. The van der Waals surface area contributed by atoms with Crippen molar-refractivity contribution in [2.75, 3.05) is 0 Å². The van der Waals surface area contributed by atoms with E-state index in [2.05, 4.69) is 21.7 Å². The van der Waals surface area contributed by atoms with Crippen molar-refractivity contribution < 1.29 is 5.11 Å². The zero-order chi connectivity index (χ0) is 14.8. The lowest BCUT2D eigenvalue weighted by Crippen LogP contribution is -2.00. The second-order valence-electron chi connectivity index (χ2n) is 5.48. The summed E-state index contributed by atoms with van der Waals surface area (Å²) in [4.78, 5) is 4.58. The number of hydrogen-bond acceptors (Lipinski definition) is 2. The number of hydrogen-bond donors (Lipinski definition) is 1. The summed E-state index contributed by atoms with van der Waals surface area (Å²) in [6, 6.07) is 12.4. The van der Waals surface area contributed by atoms with E-state index in [0.717, 1.165) is 29.7 Å². The van der Waals surface area contributed by atoms with Crippen molar-refractivity contribution in [3.05, 3.63) is 65.6 Å². The standard InChI is InChI=1S/C18H20N2O/c1-3-18(21)14-8-9-20(11-14)12-15-10-13(2)19-17-7-5-4-6-16(15)17/h4-11,18,21H,3,12H2,1-2H3. The predicted molar refractivity (Wildman–Crippen MR) is 85.3 cm³/mol. The molecule has 1 N–H and O–H groups in total. The summed E-state index contributed by atoms with van der Waals surface area (Å²) in [6.45, 7) is 4.81. The Morgan fingerprint density at radius 3 is 2.86 bits per heavy atom.